The highest BCUT2D eigenvalue weighted by Gasteiger charge is 2.36. The number of amides is 2. The maximum atomic E-state index is 13.7. The summed E-state index contributed by atoms with van der Waals surface area (Å²) >= 11 is 0. The van der Waals surface area contributed by atoms with Crippen LogP contribution >= 0.6 is 0 Å². The first-order chi connectivity index (χ1) is 16.1. The van der Waals surface area contributed by atoms with Crippen LogP contribution in [0.5, 0.6) is 5.88 Å². The number of hydrogen-bond donors (Lipinski definition) is 1. The molecule has 0 saturated carbocycles. The molecule has 11 heteroatoms. The van der Waals surface area contributed by atoms with Crippen LogP contribution in [0.4, 0.5) is 13.6 Å². The van der Waals surface area contributed by atoms with Gasteiger partial charge in [0, 0.05) is 62.3 Å². The van der Waals surface area contributed by atoms with Crippen molar-refractivity contribution in [3.63, 3.8) is 0 Å². The molecule has 2 atom stereocenters. The number of urea groups is 1. The van der Waals surface area contributed by atoms with Crippen molar-refractivity contribution in [3.05, 3.63) is 47.2 Å². The highest BCUT2D eigenvalue weighted by molar-refractivity contribution is 7.91. The Hall–Kier alpha value is -2.69. The molecule has 0 bridgehead atoms. The van der Waals surface area contributed by atoms with E-state index in [4.69, 9.17) is 4.74 Å². The molecule has 3 heterocycles. The van der Waals surface area contributed by atoms with Crippen LogP contribution in [0.25, 0.3) is 0 Å². The zero-order chi connectivity index (χ0) is 24.5. The smallest absolute Gasteiger partial charge is 0.320 e. The summed E-state index contributed by atoms with van der Waals surface area (Å²) < 4.78 is 56.4. The lowest BCUT2D eigenvalue weighted by molar-refractivity contribution is 0.0174. The number of carbonyl (C=O) groups excluding carboxylic acids is 1. The number of ether oxygens (including phenoxy) is 1. The molecule has 1 N–H and O–H groups in total. The normalized spacial score (nSPS) is 23.1. The van der Waals surface area contributed by atoms with E-state index in [0.29, 0.717) is 32.0 Å². The van der Waals surface area contributed by atoms with E-state index < -0.39 is 15.8 Å². The maximum Gasteiger partial charge on any atom is 0.320 e. The molecule has 4 rings (SSSR count). The summed E-state index contributed by atoms with van der Waals surface area (Å²) in [5.41, 5.74) is 1.66. The number of H-pyrrole nitrogens is 1. The van der Waals surface area contributed by atoms with Crippen molar-refractivity contribution >= 4 is 15.9 Å². The van der Waals surface area contributed by atoms with Gasteiger partial charge in [0.1, 0.15) is 0 Å². The van der Waals surface area contributed by atoms with Crippen molar-refractivity contribution in [2.45, 2.75) is 38.0 Å². The third kappa shape index (κ3) is 5.51. The van der Waals surface area contributed by atoms with Crippen molar-refractivity contribution in [3.8, 4) is 5.88 Å². The summed E-state index contributed by atoms with van der Waals surface area (Å²) in [4.78, 5) is 16.6. The quantitative estimate of drug-likeness (QED) is 0.685. The van der Waals surface area contributed by atoms with Crippen LogP contribution in [-0.2, 0) is 15.8 Å². The predicted octanol–water partition coefficient (Wildman–Crippen LogP) is 3.34. The number of hydrogen-bond acceptors (Lipinski definition) is 5. The number of likely N-dealkylation sites (tertiary alicyclic amines) is 1. The molecule has 1 aromatic carbocycles. The zero-order valence-corrected chi connectivity index (χ0v) is 20.2. The number of rotatable bonds is 5. The number of nitrogens with zero attached hydrogens (tertiary/aromatic N) is 3. The van der Waals surface area contributed by atoms with E-state index in [1.54, 1.807) is 21.9 Å². The van der Waals surface area contributed by atoms with E-state index in [1.807, 2.05) is 13.0 Å². The van der Waals surface area contributed by atoms with Gasteiger partial charge in [-0.3, -0.25) is 5.10 Å². The molecule has 186 valence electrons. The zero-order valence-electron chi connectivity index (χ0n) is 19.3. The Morgan fingerprint density at radius 3 is 2.41 bits per heavy atom. The number of nitrogens with one attached hydrogen (secondary N) is 1. The number of halogens is 2. The van der Waals surface area contributed by atoms with Crippen molar-refractivity contribution in [2.75, 3.05) is 44.3 Å². The third-order valence-corrected chi connectivity index (χ3v) is 8.14. The molecule has 0 aliphatic carbocycles. The van der Waals surface area contributed by atoms with Gasteiger partial charge in [0.25, 0.3) is 5.92 Å². The van der Waals surface area contributed by atoms with Crippen LogP contribution in [0.3, 0.4) is 0 Å². The Morgan fingerprint density at radius 1 is 1.15 bits per heavy atom. The van der Waals surface area contributed by atoms with E-state index >= 15 is 0 Å². The van der Waals surface area contributed by atoms with Crippen LogP contribution in [0.15, 0.2) is 30.3 Å². The molecule has 34 heavy (non-hydrogen) atoms. The van der Waals surface area contributed by atoms with E-state index in [0.717, 1.165) is 18.2 Å². The van der Waals surface area contributed by atoms with Crippen LogP contribution in [0, 0.1) is 0 Å². The molecule has 0 spiro atoms. The molecule has 2 saturated heterocycles. The van der Waals surface area contributed by atoms with Crippen LogP contribution in [0.1, 0.15) is 48.9 Å². The first-order valence-corrected chi connectivity index (χ1v) is 13.3. The molecule has 2 aromatic rings. The number of benzene rings is 1. The summed E-state index contributed by atoms with van der Waals surface area (Å²) in [6.07, 6.45) is 0.702. The highest BCUT2D eigenvalue weighted by atomic mass is 32.2. The molecule has 2 fully saturated rings. The molecule has 0 radical (unpaired) electrons. The predicted molar refractivity (Wildman–Crippen MR) is 123 cm³/mol. The third-order valence-electron chi connectivity index (χ3n) is 6.53. The fraction of sp³-hybridized carbons (Fsp3) is 0.565. The maximum absolute atomic E-state index is 13.7. The minimum Gasteiger partial charge on any atom is -0.477 e. The number of aromatic amines is 1. The molecule has 2 aliphatic rings. The lowest BCUT2D eigenvalue weighted by atomic mass is 9.82. The monoisotopic (exact) mass is 496 g/mol. The summed E-state index contributed by atoms with van der Waals surface area (Å²) in [7, 11) is -3.11. The summed E-state index contributed by atoms with van der Waals surface area (Å²) in [6.45, 7) is 4.43. The van der Waals surface area contributed by atoms with Crippen molar-refractivity contribution in [1.29, 1.82) is 0 Å². The second-order valence-corrected chi connectivity index (χ2v) is 11.4. The fourth-order valence-electron chi connectivity index (χ4n) is 4.62. The van der Waals surface area contributed by atoms with Gasteiger partial charge in [-0.05, 0) is 18.9 Å². The second-order valence-electron chi connectivity index (χ2n) is 9.06. The van der Waals surface area contributed by atoms with Gasteiger partial charge < -0.3 is 14.5 Å². The average Bonchev–Trinajstić information content (AvgIpc) is 3.27. The van der Waals surface area contributed by atoms with Gasteiger partial charge in [-0.1, -0.05) is 24.3 Å². The molecule has 2 aliphatic heterocycles. The van der Waals surface area contributed by atoms with E-state index in [9.17, 15) is 22.0 Å². The summed E-state index contributed by atoms with van der Waals surface area (Å²) in [6, 6.07) is 7.90. The first-order valence-electron chi connectivity index (χ1n) is 11.5. The van der Waals surface area contributed by atoms with E-state index in [-0.39, 0.29) is 48.0 Å². The fourth-order valence-corrected chi connectivity index (χ4v) is 5.82. The number of aromatic nitrogens is 2. The Labute approximate surface area is 198 Å². The van der Waals surface area contributed by atoms with Gasteiger partial charge in [-0.15, -0.1) is 5.10 Å². The first kappa shape index (κ1) is 24.4. The van der Waals surface area contributed by atoms with Gasteiger partial charge >= 0.3 is 6.03 Å². The number of carbonyl (C=O) groups is 1. The topological polar surface area (TPSA) is 95.6 Å². The minimum atomic E-state index is -3.11. The SMILES string of the molecule is CCOc1cc(C2CC(c3ccc(C(C)(F)F)cc3)CN(C(=O)N3CCS(=O)(=O)CC3)C2)[nH]n1. The summed E-state index contributed by atoms with van der Waals surface area (Å²) in [5, 5.41) is 7.19. The molecule has 2 unspecified atom stereocenters. The van der Waals surface area contributed by atoms with Gasteiger partial charge in [-0.25, -0.2) is 22.0 Å². The van der Waals surface area contributed by atoms with Gasteiger partial charge in [0.05, 0.1) is 18.1 Å². The lowest BCUT2D eigenvalue weighted by Crippen LogP contribution is -2.53. The summed E-state index contributed by atoms with van der Waals surface area (Å²) in [5.74, 6) is -2.65. The Morgan fingerprint density at radius 2 is 1.79 bits per heavy atom. The number of piperidine rings is 1. The van der Waals surface area contributed by atoms with Crippen molar-refractivity contribution in [2.24, 2.45) is 0 Å². The molecule has 2 amide bonds. The van der Waals surface area contributed by atoms with Crippen molar-refractivity contribution < 1.29 is 26.7 Å². The molecule has 8 nitrogen and oxygen atoms in total. The number of alkyl halides is 2. The van der Waals surface area contributed by atoms with Crippen LogP contribution in [0.2, 0.25) is 0 Å². The molecular weight excluding hydrogens is 466 g/mol. The number of sulfone groups is 1. The largest absolute Gasteiger partial charge is 0.477 e. The Kier molecular flexibility index (Phi) is 6.84. The standard InChI is InChI=1S/C23H30F2N4O4S/c1-3-33-21-13-20(26-27-21)18-12-17(16-4-6-19(7-5-16)23(2,24)25)14-29(15-18)22(30)28-8-10-34(31,32)11-9-28/h4-7,13,17-18H,3,8-12,14-15H2,1-2H3,(H,26,27). The molecular formula is C23H30F2N4O4S. The van der Waals surface area contributed by atoms with Crippen LogP contribution in [-0.4, -0.2) is 78.7 Å². The van der Waals surface area contributed by atoms with Gasteiger partial charge in [0.15, 0.2) is 9.84 Å². The van der Waals surface area contributed by atoms with Crippen molar-refractivity contribution in [1.82, 2.24) is 20.0 Å². The van der Waals surface area contributed by atoms with Gasteiger partial charge in [0.2, 0.25) is 5.88 Å². The average molecular weight is 497 g/mol. The minimum absolute atomic E-state index is 0.0373. The van der Waals surface area contributed by atoms with Crippen LogP contribution < -0.4 is 4.74 Å². The van der Waals surface area contributed by atoms with E-state index in [2.05, 4.69) is 10.2 Å². The Bertz CT molecular complexity index is 1100. The second kappa shape index (κ2) is 9.52. The molecule has 1 aromatic heterocycles. The van der Waals surface area contributed by atoms with E-state index in [1.165, 1.54) is 12.1 Å². The Balaban J connectivity index is 1.57. The van der Waals surface area contributed by atoms with Gasteiger partial charge in [-0.2, -0.15) is 0 Å². The highest BCUT2D eigenvalue weighted by Crippen LogP contribution is 2.37. The lowest BCUT2D eigenvalue weighted by Gasteiger charge is -2.41.